The van der Waals surface area contributed by atoms with E-state index in [4.69, 9.17) is 5.11 Å². The predicted molar refractivity (Wildman–Crippen MR) is 67.0 cm³/mol. The second-order valence-electron chi connectivity index (χ2n) is 4.27. The Bertz CT molecular complexity index is 401. The lowest BCUT2D eigenvalue weighted by molar-refractivity contribution is 0.228. The molecule has 0 amide bonds. The standard InChI is InChI=1S/C9H21NO5S2/c1-9(8-11)4-3-5-10-17(14,15)7-6-16(2,12)13/h9-11H,3-8H2,1-2H3. The molecular formula is C9H21NO5S2. The number of hydrogen-bond donors (Lipinski definition) is 2. The second kappa shape index (κ2) is 7.30. The minimum absolute atomic E-state index is 0.0842. The highest BCUT2D eigenvalue weighted by molar-refractivity contribution is 7.93. The molecule has 0 rings (SSSR count). The summed E-state index contributed by atoms with van der Waals surface area (Å²) in [7, 11) is -6.77. The lowest BCUT2D eigenvalue weighted by atomic mass is 10.1. The van der Waals surface area contributed by atoms with Crippen molar-refractivity contribution in [1.82, 2.24) is 4.72 Å². The number of hydrogen-bond acceptors (Lipinski definition) is 5. The van der Waals surface area contributed by atoms with Crippen molar-refractivity contribution in [2.45, 2.75) is 19.8 Å². The molecule has 0 saturated heterocycles. The zero-order valence-corrected chi connectivity index (χ0v) is 11.8. The number of sulfonamides is 1. The Morgan fingerprint density at radius 1 is 1.18 bits per heavy atom. The second-order valence-corrected chi connectivity index (χ2v) is 8.46. The van der Waals surface area contributed by atoms with E-state index < -0.39 is 25.6 Å². The summed E-state index contributed by atoms with van der Waals surface area (Å²) in [6.45, 7) is 2.23. The lowest BCUT2D eigenvalue weighted by Gasteiger charge is -2.08. The van der Waals surface area contributed by atoms with Gasteiger partial charge in [0.1, 0.15) is 9.84 Å². The van der Waals surface area contributed by atoms with Gasteiger partial charge in [0.05, 0.1) is 11.5 Å². The van der Waals surface area contributed by atoms with Crippen molar-refractivity contribution >= 4 is 19.9 Å². The molecular weight excluding hydrogens is 266 g/mol. The number of aliphatic hydroxyl groups excluding tert-OH is 1. The van der Waals surface area contributed by atoms with E-state index in [0.29, 0.717) is 6.42 Å². The number of rotatable bonds is 9. The van der Waals surface area contributed by atoms with E-state index in [9.17, 15) is 16.8 Å². The van der Waals surface area contributed by atoms with Crippen LogP contribution in [0.4, 0.5) is 0 Å². The van der Waals surface area contributed by atoms with E-state index in [1.165, 1.54) is 0 Å². The lowest BCUT2D eigenvalue weighted by Crippen LogP contribution is -2.30. The summed E-state index contributed by atoms with van der Waals surface area (Å²) in [5.74, 6) is -0.618. The molecule has 8 heteroatoms. The van der Waals surface area contributed by atoms with Crippen LogP contribution in [-0.4, -0.2) is 52.9 Å². The fraction of sp³-hybridized carbons (Fsp3) is 1.00. The summed E-state index contributed by atoms with van der Waals surface area (Å²) in [6.07, 6.45) is 2.36. The third kappa shape index (κ3) is 10.7. The Morgan fingerprint density at radius 3 is 2.24 bits per heavy atom. The monoisotopic (exact) mass is 287 g/mol. The van der Waals surface area contributed by atoms with Crippen molar-refractivity contribution in [2.75, 3.05) is 30.9 Å². The molecule has 0 bridgehead atoms. The molecule has 0 aromatic carbocycles. The van der Waals surface area contributed by atoms with Gasteiger partial charge in [-0.05, 0) is 18.8 Å². The van der Waals surface area contributed by atoms with Crippen LogP contribution in [0, 0.1) is 5.92 Å². The first-order chi connectivity index (χ1) is 7.66. The minimum atomic E-state index is -3.51. The van der Waals surface area contributed by atoms with Gasteiger partial charge in [0, 0.05) is 19.4 Å². The van der Waals surface area contributed by atoms with Crippen LogP contribution in [0.25, 0.3) is 0 Å². The maximum absolute atomic E-state index is 11.4. The molecule has 1 unspecified atom stereocenters. The van der Waals surface area contributed by atoms with Gasteiger partial charge in [-0.1, -0.05) is 6.92 Å². The minimum Gasteiger partial charge on any atom is -0.396 e. The first-order valence-corrected chi connectivity index (χ1v) is 9.13. The van der Waals surface area contributed by atoms with Crippen LogP contribution < -0.4 is 4.72 Å². The molecule has 104 valence electrons. The van der Waals surface area contributed by atoms with Gasteiger partial charge in [-0.2, -0.15) is 0 Å². The Labute approximate surface area is 103 Å². The summed E-state index contributed by atoms with van der Waals surface area (Å²) in [6, 6.07) is 0. The summed E-state index contributed by atoms with van der Waals surface area (Å²) < 4.78 is 46.7. The van der Waals surface area contributed by atoms with Crippen LogP contribution in [0.1, 0.15) is 19.8 Å². The van der Waals surface area contributed by atoms with E-state index >= 15 is 0 Å². The highest BCUT2D eigenvalue weighted by Crippen LogP contribution is 2.03. The molecule has 0 fully saturated rings. The topological polar surface area (TPSA) is 101 Å². The van der Waals surface area contributed by atoms with Gasteiger partial charge in [-0.15, -0.1) is 0 Å². The fourth-order valence-electron chi connectivity index (χ4n) is 1.10. The Hall–Kier alpha value is -0.180. The van der Waals surface area contributed by atoms with Crippen molar-refractivity contribution in [2.24, 2.45) is 5.92 Å². The Balaban J connectivity index is 3.87. The molecule has 0 saturated carbocycles. The molecule has 0 aromatic rings. The molecule has 0 radical (unpaired) electrons. The zero-order chi connectivity index (χ0) is 13.5. The number of sulfone groups is 1. The molecule has 0 aliphatic rings. The average Bonchev–Trinajstić information content (AvgIpc) is 2.20. The molecule has 0 spiro atoms. The van der Waals surface area contributed by atoms with Crippen molar-refractivity contribution in [1.29, 1.82) is 0 Å². The third-order valence-corrected chi connectivity index (χ3v) is 4.82. The van der Waals surface area contributed by atoms with Gasteiger partial charge in [-0.25, -0.2) is 21.6 Å². The summed E-state index contributed by atoms with van der Waals surface area (Å²) in [5.41, 5.74) is 0. The van der Waals surface area contributed by atoms with E-state index in [0.717, 1.165) is 12.7 Å². The largest absolute Gasteiger partial charge is 0.396 e. The molecule has 0 aliphatic carbocycles. The quantitative estimate of drug-likeness (QED) is 0.549. The van der Waals surface area contributed by atoms with Gasteiger partial charge in [0.2, 0.25) is 10.0 Å². The molecule has 6 nitrogen and oxygen atoms in total. The van der Waals surface area contributed by atoms with Crippen molar-refractivity contribution in [3.05, 3.63) is 0 Å². The highest BCUT2D eigenvalue weighted by atomic mass is 32.2. The van der Waals surface area contributed by atoms with Crippen LogP contribution in [0.2, 0.25) is 0 Å². The Morgan fingerprint density at radius 2 is 1.76 bits per heavy atom. The molecule has 1 atom stereocenters. The summed E-state index contributed by atoms with van der Waals surface area (Å²) in [4.78, 5) is 0. The smallest absolute Gasteiger partial charge is 0.212 e. The zero-order valence-electron chi connectivity index (χ0n) is 10.2. The van der Waals surface area contributed by atoms with E-state index in [1.54, 1.807) is 0 Å². The maximum atomic E-state index is 11.4. The molecule has 0 aromatic heterocycles. The summed E-state index contributed by atoms with van der Waals surface area (Å²) >= 11 is 0. The van der Waals surface area contributed by atoms with Gasteiger partial charge in [0.25, 0.3) is 0 Å². The molecule has 0 aliphatic heterocycles. The van der Waals surface area contributed by atoms with Crippen molar-refractivity contribution < 1.29 is 21.9 Å². The van der Waals surface area contributed by atoms with Crippen LogP contribution in [0.5, 0.6) is 0 Å². The van der Waals surface area contributed by atoms with E-state index in [2.05, 4.69) is 4.72 Å². The SMILES string of the molecule is CC(CO)CCCNS(=O)(=O)CCS(C)(=O)=O. The molecule has 0 heterocycles. The average molecular weight is 287 g/mol. The maximum Gasteiger partial charge on any atom is 0.212 e. The third-order valence-electron chi connectivity index (χ3n) is 2.23. The number of aliphatic hydroxyl groups is 1. The number of nitrogens with one attached hydrogen (secondary N) is 1. The van der Waals surface area contributed by atoms with Gasteiger partial charge in [-0.3, -0.25) is 0 Å². The molecule has 2 N–H and O–H groups in total. The molecule has 17 heavy (non-hydrogen) atoms. The van der Waals surface area contributed by atoms with E-state index in [-0.39, 0.29) is 24.8 Å². The predicted octanol–water partition coefficient (Wildman–Crippen LogP) is -0.641. The van der Waals surface area contributed by atoms with Crippen LogP contribution in [-0.2, 0) is 19.9 Å². The van der Waals surface area contributed by atoms with Crippen molar-refractivity contribution in [3.8, 4) is 0 Å². The van der Waals surface area contributed by atoms with Crippen LogP contribution in [0.15, 0.2) is 0 Å². The summed E-state index contributed by atoms with van der Waals surface area (Å²) in [5, 5.41) is 8.76. The first kappa shape index (κ1) is 16.8. The van der Waals surface area contributed by atoms with Gasteiger partial charge < -0.3 is 5.11 Å². The van der Waals surface area contributed by atoms with E-state index in [1.807, 2.05) is 6.92 Å². The van der Waals surface area contributed by atoms with Gasteiger partial charge >= 0.3 is 0 Å². The highest BCUT2D eigenvalue weighted by Gasteiger charge is 2.13. The fourth-order valence-corrected chi connectivity index (χ4v) is 3.79. The van der Waals surface area contributed by atoms with Crippen LogP contribution in [0.3, 0.4) is 0 Å². The Kier molecular flexibility index (Phi) is 7.22. The normalized spacial score (nSPS) is 14.8. The first-order valence-electron chi connectivity index (χ1n) is 5.42. The van der Waals surface area contributed by atoms with Gasteiger partial charge in [0.15, 0.2) is 0 Å². The van der Waals surface area contributed by atoms with Crippen LogP contribution >= 0.6 is 0 Å². The van der Waals surface area contributed by atoms with Crippen molar-refractivity contribution in [3.63, 3.8) is 0 Å².